The fraction of sp³-hybridized carbons (Fsp3) is 0.300. The van der Waals surface area contributed by atoms with Gasteiger partial charge in [0.2, 0.25) is 5.91 Å². The average Bonchev–Trinajstić information content (AvgIpc) is 2.55. The van der Waals surface area contributed by atoms with Crippen molar-refractivity contribution in [3.8, 4) is 0 Å². The number of carbonyl (C=O) groups is 2. The van der Waals surface area contributed by atoms with E-state index < -0.39 is 0 Å². The fourth-order valence-electron chi connectivity index (χ4n) is 2.28. The maximum Gasteiger partial charge on any atom is 0.319 e. The van der Waals surface area contributed by atoms with Gasteiger partial charge in [-0.3, -0.25) is 4.79 Å². The molecule has 3 N–H and O–H groups in total. The second kappa shape index (κ2) is 8.87. The standard InChI is InChI=1S/C20H25N3O2/c1-14(2)12-19(24)22-17-8-10-18(11-9-17)23-20(25)21-13-16-6-4-15(3)5-7-16/h4-11,14H,12-13H2,1-3H3,(H,22,24)(H2,21,23,25). The number of rotatable bonds is 6. The third kappa shape index (κ3) is 6.67. The Morgan fingerprint density at radius 3 is 2.00 bits per heavy atom. The zero-order valence-electron chi connectivity index (χ0n) is 14.9. The number of nitrogens with one attached hydrogen (secondary N) is 3. The van der Waals surface area contributed by atoms with Gasteiger partial charge in [-0.1, -0.05) is 43.7 Å². The molecule has 3 amide bonds. The predicted molar refractivity (Wildman–Crippen MR) is 102 cm³/mol. The molecule has 0 saturated heterocycles. The molecular weight excluding hydrogens is 314 g/mol. The fourth-order valence-corrected chi connectivity index (χ4v) is 2.28. The van der Waals surface area contributed by atoms with Crippen molar-refractivity contribution in [1.82, 2.24) is 5.32 Å². The molecule has 2 rings (SSSR count). The van der Waals surface area contributed by atoms with Crippen LogP contribution in [0.2, 0.25) is 0 Å². The summed E-state index contributed by atoms with van der Waals surface area (Å²) in [5, 5.41) is 8.43. The van der Waals surface area contributed by atoms with Crippen LogP contribution in [0.1, 0.15) is 31.4 Å². The van der Waals surface area contributed by atoms with E-state index in [1.165, 1.54) is 5.56 Å². The minimum atomic E-state index is -0.267. The highest BCUT2D eigenvalue weighted by molar-refractivity contribution is 5.92. The van der Waals surface area contributed by atoms with Crippen molar-refractivity contribution in [3.05, 3.63) is 59.7 Å². The van der Waals surface area contributed by atoms with Crippen LogP contribution in [-0.2, 0) is 11.3 Å². The van der Waals surface area contributed by atoms with E-state index in [0.717, 1.165) is 11.3 Å². The van der Waals surface area contributed by atoms with Crippen molar-refractivity contribution in [2.24, 2.45) is 5.92 Å². The van der Waals surface area contributed by atoms with Crippen molar-refractivity contribution >= 4 is 23.3 Å². The Morgan fingerprint density at radius 2 is 1.44 bits per heavy atom. The van der Waals surface area contributed by atoms with E-state index in [2.05, 4.69) is 16.0 Å². The van der Waals surface area contributed by atoms with Gasteiger partial charge in [0.1, 0.15) is 0 Å². The topological polar surface area (TPSA) is 70.2 Å². The van der Waals surface area contributed by atoms with E-state index in [1.54, 1.807) is 24.3 Å². The molecule has 0 heterocycles. The van der Waals surface area contributed by atoms with Gasteiger partial charge in [-0.15, -0.1) is 0 Å². The molecule has 5 nitrogen and oxygen atoms in total. The van der Waals surface area contributed by atoms with Crippen molar-refractivity contribution < 1.29 is 9.59 Å². The first-order chi connectivity index (χ1) is 11.9. The van der Waals surface area contributed by atoms with Crippen LogP contribution < -0.4 is 16.0 Å². The Bertz CT molecular complexity index is 707. The molecule has 0 saturated carbocycles. The summed E-state index contributed by atoms with van der Waals surface area (Å²) in [6, 6.07) is 14.8. The Morgan fingerprint density at radius 1 is 0.880 bits per heavy atom. The molecule has 25 heavy (non-hydrogen) atoms. The van der Waals surface area contributed by atoms with E-state index >= 15 is 0 Å². The highest BCUT2D eigenvalue weighted by Gasteiger charge is 2.06. The van der Waals surface area contributed by atoms with Crippen molar-refractivity contribution in [2.45, 2.75) is 33.7 Å². The Hall–Kier alpha value is -2.82. The summed E-state index contributed by atoms with van der Waals surface area (Å²) in [4.78, 5) is 23.7. The minimum absolute atomic E-state index is 0.00782. The normalized spacial score (nSPS) is 10.4. The Balaban J connectivity index is 1.80. The van der Waals surface area contributed by atoms with Crippen LogP contribution in [0.5, 0.6) is 0 Å². The second-order valence-electron chi connectivity index (χ2n) is 6.52. The Kier molecular flexibility index (Phi) is 6.57. The maximum absolute atomic E-state index is 11.9. The molecule has 0 aliphatic heterocycles. The van der Waals surface area contributed by atoms with E-state index in [-0.39, 0.29) is 11.9 Å². The number of urea groups is 1. The first kappa shape index (κ1) is 18.5. The van der Waals surface area contributed by atoms with Gasteiger partial charge < -0.3 is 16.0 Å². The van der Waals surface area contributed by atoms with Crippen LogP contribution in [0, 0.1) is 12.8 Å². The summed E-state index contributed by atoms with van der Waals surface area (Å²) in [7, 11) is 0. The number of carbonyl (C=O) groups excluding carboxylic acids is 2. The molecule has 0 spiro atoms. The van der Waals surface area contributed by atoms with Crippen molar-refractivity contribution in [1.29, 1.82) is 0 Å². The van der Waals surface area contributed by atoms with Crippen LogP contribution in [0.3, 0.4) is 0 Å². The molecule has 0 aliphatic rings. The van der Waals surface area contributed by atoms with Crippen LogP contribution in [0.15, 0.2) is 48.5 Å². The average molecular weight is 339 g/mol. The van der Waals surface area contributed by atoms with Crippen molar-refractivity contribution in [2.75, 3.05) is 10.6 Å². The van der Waals surface area contributed by atoms with Crippen LogP contribution in [0.4, 0.5) is 16.2 Å². The molecular formula is C20H25N3O2. The molecule has 5 heteroatoms. The van der Waals surface area contributed by atoms with Gasteiger partial charge in [0.15, 0.2) is 0 Å². The van der Waals surface area contributed by atoms with E-state index in [4.69, 9.17) is 0 Å². The van der Waals surface area contributed by atoms with Gasteiger partial charge in [0.05, 0.1) is 0 Å². The number of hydrogen-bond donors (Lipinski definition) is 3. The number of aryl methyl sites for hydroxylation is 1. The third-order valence-corrected chi connectivity index (χ3v) is 3.59. The number of hydrogen-bond acceptors (Lipinski definition) is 2. The summed E-state index contributed by atoms with van der Waals surface area (Å²) in [6.07, 6.45) is 0.488. The Labute approximate surface area is 148 Å². The highest BCUT2D eigenvalue weighted by Crippen LogP contribution is 2.14. The second-order valence-corrected chi connectivity index (χ2v) is 6.52. The summed E-state index contributed by atoms with van der Waals surface area (Å²) < 4.78 is 0. The van der Waals surface area contributed by atoms with E-state index in [1.807, 2.05) is 45.0 Å². The molecule has 0 bridgehead atoms. The lowest BCUT2D eigenvalue weighted by molar-refractivity contribution is -0.116. The zero-order valence-corrected chi connectivity index (χ0v) is 14.9. The first-order valence-corrected chi connectivity index (χ1v) is 8.42. The molecule has 0 fully saturated rings. The predicted octanol–water partition coefficient (Wildman–Crippen LogP) is 4.30. The van der Waals surface area contributed by atoms with Gasteiger partial charge in [-0.25, -0.2) is 4.79 Å². The number of anilines is 2. The monoisotopic (exact) mass is 339 g/mol. The summed E-state index contributed by atoms with van der Waals surface area (Å²) >= 11 is 0. The van der Waals surface area contributed by atoms with Gasteiger partial charge >= 0.3 is 6.03 Å². The van der Waals surface area contributed by atoms with Gasteiger partial charge in [0, 0.05) is 24.3 Å². The quantitative estimate of drug-likeness (QED) is 0.734. The molecule has 0 radical (unpaired) electrons. The summed E-state index contributed by atoms with van der Waals surface area (Å²) in [5.41, 5.74) is 3.62. The molecule has 0 aliphatic carbocycles. The molecule has 0 aromatic heterocycles. The lowest BCUT2D eigenvalue weighted by atomic mass is 10.1. The van der Waals surface area contributed by atoms with Gasteiger partial charge in [-0.05, 0) is 42.7 Å². The molecule has 2 aromatic carbocycles. The largest absolute Gasteiger partial charge is 0.334 e. The van der Waals surface area contributed by atoms with Crippen molar-refractivity contribution in [3.63, 3.8) is 0 Å². The van der Waals surface area contributed by atoms with Crippen LogP contribution >= 0.6 is 0 Å². The summed E-state index contributed by atoms with van der Waals surface area (Å²) in [6.45, 7) is 6.50. The first-order valence-electron chi connectivity index (χ1n) is 8.42. The number of amides is 3. The van der Waals surface area contributed by atoms with Crippen LogP contribution in [-0.4, -0.2) is 11.9 Å². The smallest absolute Gasteiger partial charge is 0.319 e. The molecule has 2 aromatic rings. The summed E-state index contributed by atoms with van der Waals surface area (Å²) in [5.74, 6) is 0.310. The molecule has 0 atom stereocenters. The molecule has 132 valence electrons. The van der Waals surface area contributed by atoms with Gasteiger partial charge in [0.25, 0.3) is 0 Å². The van der Waals surface area contributed by atoms with E-state index in [9.17, 15) is 9.59 Å². The number of benzene rings is 2. The lowest BCUT2D eigenvalue weighted by Crippen LogP contribution is -2.28. The van der Waals surface area contributed by atoms with Gasteiger partial charge in [-0.2, -0.15) is 0 Å². The van der Waals surface area contributed by atoms with E-state index in [0.29, 0.717) is 24.6 Å². The van der Waals surface area contributed by atoms with Crippen LogP contribution in [0.25, 0.3) is 0 Å². The minimum Gasteiger partial charge on any atom is -0.334 e. The highest BCUT2D eigenvalue weighted by atomic mass is 16.2. The lowest BCUT2D eigenvalue weighted by Gasteiger charge is -2.10. The maximum atomic E-state index is 11.9. The molecule has 0 unspecified atom stereocenters. The zero-order chi connectivity index (χ0) is 18.2. The SMILES string of the molecule is Cc1ccc(CNC(=O)Nc2ccc(NC(=O)CC(C)C)cc2)cc1. The third-order valence-electron chi connectivity index (χ3n) is 3.59.